The third-order valence-corrected chi connectivity index (χ3v) is 3.69. The van der Waals surface area contributed by atoms with Gasteiger partial charge in [-0.2, -0.15) is 0 Å². The molecule has 0 aromatic heterocycles. The van der Waals surface area contributed by atoms with Gasteiger partial charge >= 0.3 is 0 Å². The zero-order valence-electron chi connectivity index (χ0n) is 12.1. The van der Waals surface area contributed by atoms with Gasteiger partial charge in [0.2, 0.25) is 0 Å². The minimum absolute atomic E-state index is 0.600. The van der Waals surface area contributed by atoms with Crippen LogP contribution in [0.3, 0.4) is 0 Å². The summed E-state index contributed by atoms with van der Waals surface area (Å²) in [5.74, 6) is 0. The molecule has 2 nitrogen and oxygen atoms in total. The van der Waals surface area contributed by atoms with Crippen molar-refractivity contribution in [3.63, 3.8) is 0 Å². The lowest BCUT2D eigenvalue weighted by Crippen LogP contribution is -2.29. The molecule has 0 amide bonds. The van der Waals surface area contributed by atoms with Gasteiger partial charge in [0, 0.05) is 17.1 Å². The van der Waals surface area contributed by atoms with Crippen LogP contribution in [0.5, 0.6) is 0 Å². The summed E-state index contributed by atoms with van der Waals surface area (Å²) >= 11 is 3.43. The molecule has 1 N–H and O–H groups in total. The minimum atomic E-state index is 0.600. The zero-order valence-corrected chi connectivity index (χ0v) is 13.7. The van der Waals surface area contributed by atoms with E-state index in [0.29, 0.717) is 12.6 Å². The van der Waals surface area contributed by atoms with Gasteiger partial charge in [-0.25, -0.2) is 0 Å². The molecule has 1 rings (SSSR count). The van der Waals surface area contributed by atoms with Crippen molar-refractivity contribution in [3.05, 3.63) is 34.3 Å². The van der Waals surface area contributed by atoms with Gasteiger partial charge in [0.25, 0.3) is 0 Å². The Bertz CT molecular complexity index is 326. The zero-order chi connectivity index (χ0) is 13.9. The van der Waals surface area contributed by atoms with Crippen LogP contribution >= 0.6 is 15.9 Å². The summed E-state index contributed by atoms with van der Waals surface area (Å²) in [6.07, 6.45) is 5.22. The molecule has 0 aliphatic rings. The van der Waals surface area contributed by atoms with Crippen molar-refractivity contribution in [2.75, 3.05) is 13.2 Å². The molecule has 3 heteroatoms. The molecule has 1 aromatic carbocycles. The van der Waals surface area contributed by atoms with Crippen LogP contribution in [0.25, 0.3) is 0 Å². The van der Waals surface area contributed by atoms with Crippen molar-refractivity contribution in [2.24, 2.45) is 0 Å². The van der Waals surface area contributed by atoms with Gasteiger partial charge in [0.1, 0.15) is 0 Å². The highest BCUT2D eigenvalue weighted by molar-refractivity contribution is 9.10. The van der Waals surface area contributed by atoms with Crippen LogP contribution in [-0.4, -0.2) is 19.2 Å². The summed E-state index contributed by atoms with van der Waals surface area (Å²) < 4.78 is 6.77. The summed E-state index contributed by atoms with van der Waals surface area (Å²) in [5.41, 5.74) is 1.22. The van der Waals surface area contributed by atoms with Crippen molar-refractivity contribution in [1.82, 2.24) is 5.32 Å². The van der Waals surface area contributed by atoms with Gasteiger partial charge in [-0.3, -0.25) is 0 Å². The second-order valence-corrected chi connectivity index (χ2v) is 5.95. The Morgan fingerprint density at radius 2 is 1.95 bits per heavy atom. The van der Waals surface area contributed by atoms with Crippen LogP contribution in [0.4, 0.5) is 0 Å². The van der Waals surface area contributed by atoms with E-state index < -0.39 is 0 Å². The number of halogens is 1. The molecular weight excluding hydrogens is 302 g/mol. The summed E-state index contributed by atoms with van der Waals surface area (Å²) in [6, 6.07) is 8.87. The predicted octanol–water partition coefficient (Wildman–Crippen LogP) is 4.52. The molecule has 0 aliphatic carbocycles. The lowest BCUT2D eigenvalue weighted by molar-refractivity contribution is 0.120. The molecule has 108 valence electrons. The van der Waals surface area contributed by atoms with Gasteiger partial charge in [-0.1, -0.05) is 54.2 Å². The van der Waals surface area contributed by atoms with Gasteiger partial charge in [0.05, 0.1) is 13.2 Å². The monoisotopic (exact) mass is 327 g/mol. The van der Waals surface area contributed by atoms with E-state index in [1.54, 1.807) is 0 Å². The third kappa shape index (κ3) is 8.40. The summed E-state index contributed by atoms with van der Waals surface area (Å²) in [6.45, 7) is 6.90. The highest BCUT2D eigenvalue weighted by atomic mass is 79.9. The van der Waals surface area contributed by atoms with Gasteiger partial charge in [-0.05, 0) is 31.0 Å². The fraction of sp³-hybridized carbons (Fsp3) is 0.625. The van der Waals surface area contributed by atoms with E-state index in [1.807, 2.05) is 12.1 Å². The van der Waals surface area contributed by atoms with Crippen LogP contribution < -0.4 is 5.32 Å². The molecule has 0 aliphatic heterocycles. The molecule has 0 saturated carbocycles. The van der Waals surface area contributed by atoms with E-state index in [4.69, 9.17) is 4.74 Å². The quantitative estimate of drug-likeness (QED) is 0.638. The van der Waals surface area contributed by atoms with E-state index in [9.17, 15) is 0 Å². The molecule has 0 heterocycles. The maximum Gasteiger partial charge on any atom is 0.0717 e. The lowest BCUT2D eigenvalue weighted by Gasteiger charge is -2.13. The molecule has 0 bridgehead atoms. The first kappa shape index (κ1) is 16.7. The Morgan fingerprint density at radius 3 is 2.63 bits per heavy atom. The van der Waals surface area contributed by atoms with Crippen molar-refractivity contribution < 1.29 is 4.74 Å². The Balaban J connectivity index is 2.00. The number of nitrogens with one attached hydrogen (secondary N) is 1. The van der Waals surface area contributed by atoms with E-state index >= 15 is 0 Å². The highest BCUT2D eigenvalue weighted by Crippen LogP contribution is 2.11. The van der Waals surface area contributed by atoms with E-state index in [1.165, 1.54) is 31.2 Å². The Morgan fingerprint density at radius 1 is 1.21 bits per heavy atom. The number of unbranched alkanes of at least 4 members (excludes halogenated alkanes) is 2. The SMILES string of the molecule is CCCCCC(C)NCCOCc1ccc(Br)cc1. The molecular formula is C16H26BrNO. The van der Waals surface area contributed by atoms with Crippen LogP contribution in [0.1, 0.15) is 45.1 Å². The average molecular weight is 328 g/mol. The molecule has 19 heavy (non-hydrogen) atoms. The van der Waals surface area contributed by atoms with E-state index in [0.717, 1.165) is 17.6 Å². The first-order valence-corrected chi connectivity index (χ1v) is 8.07. The van der Waals surface area contributed by atoms with Crippen molar-refractivity contribution >= 4 is 15.9 Å². The summed E-state index contributed by atoms with van der Waals surface area (Å²) in [7, 11) is 0. The molecule has 0 spiro atoms. The van der Waals surface area contributed by atoms with Gasteiger partial charge < -0.3 is 10.1 Å². The number of benzene rings is 1. The molecule has 1 unspecified atom stereocenters. The number of hydrogen-bond acceptors (Lipinski definition) is 2. The van der Waals surface area contributed by atoms with Crippen molar-refractivity contribution in [3.8, 4) is 0 Å². The fourth-order valence-electron chi connectivity index (χ4n) is 1.95. The van der Waals surface area contributed by atoms with Gasteiger partial charge in [0.15, 0.2) is 0 Å². The first-order chi connectivity index (χ1) is 9.22. The summed E-state index contributed by atoms with van der Waals surface area (Å²) in [5, 5.41) is 3.50. The normalized spacial score (nSPS) is 12.6. The van der Waals surface area contributed by atoms with Crippen LogP contribution in [-0.2, 0) is 11.3 Å². The Hall–Kier alpha value is -0.380. The van der Waals surface area contributed by atoms with Crippen LogP contribution in [0.2, 0.25) is 0 Å². The van der Waals surface area contributed by atoms with E-state index in [2.05, 4.69) is 47.2 Å². The maximum atomic E-state index is 5.66. The predicted molar refractivity (Wildman–Crippen MR) is 85.4 cm³/mol. The second kappa shape index (κ2) is 10.4. The van der Waals surface area contributed by atoms with Crippen molar-refractivity contribution in [2.45, 2.75) is 52.2 Å². The maximum absolute atomic E-state index is 5.66. The third-order valence-electron chi connectivity index (χ3n) is 3.16. The number of hydrogen-bond donors (Lipinski definition) is 1. The first-order valence-electron chi connectivity index (χ1n) is 7.28. The molecule has 0 fully saturated rings. The smallest absolute Gasteiger partial charge is 0.0717 e. The number of ether oxygens (including phenoxy) is 1. The summed E-state index contributed by atoms with van der Waals surface area (Å²) in [4.78, 5) is 0. The van der Waals surface area contributed by atoms with E-state index in [-0.39, 0.29) is 0 Å². The largest absolute Gasteiger partial charge is 0.375 e. The van der Waals surface area contributed by atoms with Gasteiger partial charge in [-0.15, -0.1) is 0 Å². The Labute approximate surface area is 126 Å². The Kier molecular flexibility index (Phi) is 9.14. The van der Waals surface area contributed by atoms with Crippen LogP contribution in [0, 0.1) is 0 Å². The minimum Gasteiger partial charge on any atom is -0.375 e. The fourth-order valence-corrected chi connectivity index (χ4v) is 2.22. The topological polar surface area (TPSA) is 21.3 Å². The molecule has 1 atom stereocenters. The molecule has 1 aromatic rings. The van der Waals surface area contributed by atoms with Crippen LogP contribution in [0.15, 0.2) is 28.7 Å². The lowest BCUT2D eigenvalue weighted by atomic mass is 10.1. The molecule has 0 saturated heterocycles. The average Bonchev–Trinajstić information content (AvgIpc) is 2.41. The standard InChI is InChI=1S/C16H26BrNO/c1-3-4-5-6-14(2)18-11-12-19-13-15-7-9-16(17)10-8-15/h7-10,14,18H,3-6,11-13H2,1-2H3. The van der Waals surface area contributed by atoms with Crippen molar-refractivity contribution in [1.29, 1.82) is 0 Å². The molecule has 0 radical (unpaired) electrons. The second-order valence-electron chi connectivity index (χ2n) is 5.03. The highest BCUT2D eigenvalue weighted by Gasteiger charge is 2.00. The number of rotatable bonds is 10.